The quantitative estimate of drug-likeness (QED) is 0.886. The molecule has 5 nitrogen and oxygen atoms in total. The number of aryl methyl sites for hydroxylation is 2. The number of furan rings is 1. The Balaban J connectivity index is 3.27. The third kappa shape index (κ3) is 2.93. The number of hydrogen-bond acceptors (Lipinski definition) is 4. The van der Waals surface area contributed by atoms with Crippen LogP contribution < -0.4 is 5.32 Å². The van der Waals surface area contributed by atoms with Crippen LogP contribution in [-0.4, -0.2) is 32.9 Å². The van der Waals surface area contributed by atoms with Gasteiger partial charge in [-0.05, 0) is 13.8 Å². The van der Waals surface area contributed by atoms with E-state index in [9.17, 15) is 8.42 Å². The van der Waals surface area contributed by atoms with Crippen molar-refractivity contribution in [1.82, 2.24) is 9.62 Å². The van der Waals surface area contributed by atoms with Crippen molar-refractivity contribution in [2.24, 2.45) is 0 Å². The molecule has 0 atom stereocenters. The van der Waals surface area contributed by atoms with Gasteiger partial charge in [-0.15, -0.1) is 0 Å². The summed E-state index contributed by atoms with van der Waals surface area (Å²) in [4.78, 5) is 0.290. The lowest BCUT2D eigenvalue weighted by molar-refractivity contribution is 0.486. The second-order valence-electron chi connectivity index (χ2n) is 4.85. The van der Waals surface area contributed by atoms with Gasteiger partial charge in [-0.1, -0.05) is 13.8 Å². The standard InChI is InChI=1S/C12H22N2O3S/c1-8(2)13-7-11-9(3)17-10(4)12(11)18(15,16)14(5)6/h8,13H,7H2,1-6H3. The fourth-order valence-corrected chi connectivity index (χ4v) is 3.04. The third-order valence-electron chi connectivity index (χ3n) is 2.75. The molecule has 0 aliphatic carbocycles. The first-order valence-electron chi connectivity index (χ1n) is 5.92. The number of rotatable bonds is 5. The van der Waals surface area contributed by atoms with Crippen molar-refractivity contribution in [2.75, 3.05) is 14.1 Å². The summed E-state index contributed by atoms with van der Waals surface area (Å²) >= 11 is 0. The van der Waals surface area contributed by atoms with Crippen molar-refractivity contribution in [3.63, 3.8) is 0 Å². The van der Waals surface area contributed by atoms with E-state index in [-0.39, 0.29) is 10.9 Å². The Morgan fingerprint density at radius 3 is 2.22 bits per heavy atom. The minimum atomic E-state index is -3.47. The zero-order valence-corrected chi connectivity index (χ0v) is 12.7. The van der Waals surface area contributed by atoms with Crippen LogP contribution in [0.3, 0.4) is 0 Å². The number of nitrogens with zero attached hydrogens (tertiary/aromatic N) is 1. The molecule has 0 aromatic carbocycles. The monoisotopic (exact) mass is 274 g/mol. The fourth-order valence-electron chi connectivity index (χ4n) is 1.74. The van der Waals surface area contributed by atoms with Gasteiger partial charge in [0, 0.05) is 32.2 Å². The average molecular weight is 274 g/mol. The van der Waals surface area contributed by atoms with Crippen molar-refractivity contribution >= 4 is 10.0 Å². The lowest BCUT2D eigenvalue weighted by Gasteiger charge is -2.14. The van der Waals surface area contributed by atoms with Gasteiger partial charge in [0.2, 0.25) is 10.0 Å². The summed E-state index contributed by atoms with van der Waals surface area (Å²) in [5.41, 5.74) is 0.718. The highest BCUT2D eigenvalue weighted by Gasteiger charge is 2.28. The van der Waals surface area contributed by atoms with Crippen molar-refractivity contribution < 1.29 is 12.8 Å². The van der Waals surface area contributed by atoms with E-state index in [1.165, 1.54) is 18.4 Å². The van der Waals surface area contributed by atoms with Crippen LogP contribution >= 0.6 is 0 Å². The molecule has 104 valence electrons. The number of hydrogen-bond donors (Lipinski definition) is 1. The highest BCUT2D eigenvalue weighted by atomic mass is 32.2. The average Bonchev–Trinajstić information content (AvgIpc) is 2.50. The molecule has 6 heteroatoms. The van der Waals surface area contributed by atoms with Gasteiger partial charge in [-0.3, -0.25) is 0 Å². The lowest BCUT2D eigenvalue weighted by Crippen LogP contribution is -2.26. The van der Waals surface area contributed by atoms with Crippen LogP contribution in [0.1, 0.15) is 30.9 Å². The molecule has 0 aliphatic heterocycles. The van der Waals surface area contributed by atoms with Crippen LogP contribution in [0.25, 0.3) is 0 Å². The Morgan fingerprint density at radius 1 is 1.22 bits per heavy atom. The summed E-state index contributed by atoms with van der Waals surface area (Å²) < 4.78 is 31.2. The summed E-state index contributed by atoms with van der Waals surface area (Å²) in [5, 5.41) is 3.22. The van der Waals surface area contributed by atoms with E-state index < -0.39 is 10.0 Å². The summed E-state index contributed by atoms with van der Waals surface area (Å²) in [6.45, 7) is 8.00. The summed E-state index contributed by atoms with van der Waals surface area (Å²) in [6.07, 6.45) is 0. The molecule has 1 rings (SSSR count). The molecular weight excluding hydrogens is 252 g/mol. The predicted octanol–water partition coefficient (Wildman–Crippen LogP) is 1.64. The van der Waals surface area contributed by atoms with Gasteiger partial charge < -0.3 is 9.73 Å². The molecule has 0 saturated heterocycles. The molecule has 0 saturated carbocycles. The van der Waals surface area contributed by atoms with Crippen LogP contribution in [-0.2, 0) is 16.6 Å². The molecule has 1 aromatic heterocycles. The number of nitrogens with one attached hydrogen (secondary N) is 1. The molecule has 1 heterocycles. The van der Waals surface area contributed by atoms with Gasteiger partial charge in [-0.2, -0.15) is 0 Å². The van der Waals surface area contributed by atoms with Gasteiger partial charge in [0.1, 0.15) is 16.4 Å². The van der Waals surface area contributed by atoms with Crippen molar-refractivity contribution in [3.05, 3.63) is 17.1 Å². The molecule has 0 radical (unpaired) electrons. The topological polar surface area (TPSA) is 62.6 Å². The highest BCUT2D eigenvalue weighted by Crippen LogP contribution is 2.28. The Morgan fingerprint density at radius 2 is 1.78 bits per heavy atom. The third-order valence-corrected chi connectivity index (χ3v) is 4.76. The molecule has 1 N–H and O–H groups in total. The molecule has 0 unspecified atom stereocenters. The summed E-state index contributed by atoms with van der Waals surface area (Å²) in [7, 11) is -0.417. The first-order chi connectivity index (χ1) is 8.17. The molecule has 1 aromatic rings. The molecule has 0 amide bonds. The summed E-state index contributed by atoms with van der Waals surface area (Å²) in [6, 6.07) is 0.287. The van der Waals surface area contributed by atoms with E-state index in [4.69, 9.17) is 4.42 Å². The summed E-state index contributed by atoms with van der Waals surface area (Å²) in [5.74, 6) is 1.10. The molecule has 0 fully saturated rings. The second-order valence-corrected chi connectivity index (χ2v) is 6.93. The van der Waals surface area contributed by atoms with Crippen LogP contribution in [0.4, 0.5) is 0 Å². The van der Waals surface area contributed by atoms with E-state index in [2.05, 4.69) is 5.32 Å². The molecular formula is C12H22N2O3S. The van der Waals surface area contributed by atoms with E-state index in [1.807, 2.05) is 13.8 Å². The largest absolute Gasteiger partial charge is 0.465 e. The predicted molar refractivity (Wildman–Crippen MR) is 71.0 cm³/mol. The van der Waals surface area contributed by atoms with Crippen LogP contribution in [0, 0.1) is 13.8 Å². The van der Waals surface area contributed by atoms with E-state index >= 15 is 0 Å². The smallest absolute Gasteiger partial charge is 0.246 e. The van der Waals surface area contributed by atoms with E-state index in [1.54, 1.807) is 13.8 Å². The van der Waals surface area contributed by atoms with Crippen molar-refractivity contribution in [3.8, 4) is 0 Å². The van der Waals surface area contributed by atoms with Crippen LogP contribution in [0.15, 0.2) is 9.31 Å². The molecule has 18 heavy (non-hydrogen) atoms. The van der Waals surface area contributed by atoms with Gasteiger partial charge in [-0.25, -0.2) is 12.7 Å². The van der Waals surface area contributed by atoms with Gasteiger partial charge >= 0.3 is 0 Å². The Kier molecular flexibility index (Phi) is 4.58. The first kappa shape index (κ1) is 15.2. The zero-order chi connectivity index (χ0) is 14.1. The van der Waals surface area contributed by atoms with Crippen LogP contribution in [0.2, 0.25) is 0 Å². The SMILES string of the molecule is Cc1oc(C)c(S(=O)(=O)N(C)C)c1CNC(C)C. The zero-order valence-electron chi connectivity index (χ0n) is 11.9. The maximum absolute atomic E-state index is 12.3. The molecule has 0 aliphatic rings. The Hall–Kier alpha value is -0.850. The maximum atomic E-state index is 12.3. The Bertz CT molecular complexity index is 516. The van der Waals surface area contributed by atoms with Crippen molar-refractivity contribution in [1.29, 1.82) is 0 Å². The van der Waals surface area contributed by atoms with Gasteiger partial charge in [0.05, 0.1) is 0 Å². The Labute approximate surface area is 109 Å². The normalized spacial score (nSPS) is 12.7. The molecule has 0 spiro atoms. The van der Waals surface area contributed by atoms with E-state index in [0.717, 1.165) is 5.56 Å². The molecule has 0 bridgehead atoms. The van der Waals surface area contributed by atoms with Crippen LogP contribution in [0.5, 0.6) is 0 Å². The minimum absolute atomic E-state index is 0.287. The fraction of sp³-hybridized carbons (Fsp3) is 0.667. The minimum Gasteiger partial charge on any atom is -0.465 e. The second kappa shape index (κ2) is 5.42. The first-order valence-corrected chi connectivity index (χ1v) is 7.36. The van der Waals surface area contributed by atoms with Gasteiger partial charge in [0.25, 0.3) is 0 Å². The van der Waals surface area contributed by atoms with E-state index in [0.29, 0.717) is 18.1 Å². The maximum Gasteiger partial charge on any atom is 0.246 e. The van der Waals surface area contributed by atoms with Crippen molar-refractivity contribution in [2.45, 2.75) is 45.2 Å². The van der Waals surface area contributed by atoms with Gasteiger partial charge in [0.15, 0.2) is 0 Å². The lowest BCUT2D eigenvalue weighted by atomic mass is 10.2. The highest BCUT2D eigenvalue weighted by molar-refractivity contribution is 7.89. The number of sulfonamides is 1.